The Morgan fingerprint density at radius 2 is 1.73 bits per heavy atom. The van der Waals surface area contributed by atoms with Gasteiger partial charge < -0.3 is 30.4 Å². The van der Waals surface area contributed by atoms with Crippen molar-refractivity contribution in [2.45, 2.75) is 65.2 Å². The van der Waals surface area contributed by atoms with Gasteiger partial charge in [-0.25, -0.2) is 21.6 Å². The molecule has 3 aromatic rings. The van der Waals surface area contributed by atoms with Crippen LogP contribution in [-0.2, 0) is 30.3 Å². The van der Waals surface area contributed by atoms with E-state index in [9.17, 15) is 21.9 Å². The zero-order valence-corrected chi connectivity index (χ0v) is 28.9. The summed E-state index contributed by atoms with van der Waals surface area (Å²) in [4.78, 5) is 0.297. The number of piperidine rings is 1. The fraction of sp³-hybridized carbons (Fsp3) is 0.471. The lowest BCUT2D eigenvalue weighted by Crippen LogP contribution is -2.47. The van der Waals surface area contributed by atoms with E-state index in [2.05, 4.69) is 10.0 Å². The number of nitrogens with one attached hydrogen (secondary N) is 2. The van der Waals surface area contributed by atoms with Gasteiger partial charge in [-0.3, -0.25) is 0 Å². The van der Waals surface area contributed by atoms with E-state index in [1.165, 1.54) is 23.5 Å². The highest BCUT2D eigenvalue weighted by atomic mass is 32.2. The lowest BCUT2D eigenvalue weighted by atomic mass is 9.88. The fourth-order valence-corrected chi connectivity index (χ4v) is 8.72. The molecule has 1 spiro atoms. The van der Waals surface area contributed by atoms with E-state index in [1.54, 1.807) is 37.4 Å². The molecule has 5 N–H and O–H groups in total. The lowest BCUT2D eigenvalue weighted by Gasteiger charge is -2.38. The normalized spacial score (nSPS) is 21.2. The first-order valence-corrected chi connectivity index (χ1v) is 19.1. The number of hydrogen-bond donors (Lipinski definition) is 4. The number of aliphatic hydroxyl groups excluding tert-OH is 1. The summed E-state index contributed by atoms with van der Waals surface area (Å²) >= 11 is 0. The Morgan fingerprint density at radius 1 is 1.00 bits per heavy atom. The number of ether oxygens (including phenoxy) is 3. The quantitative estimate of drug-likeness (QED) is 0.208. The number of methoxy groups -OCH3 is 1. The van der Waals surface area contributed by atoms with Crippen molar-refractivity contribution in [3.8, 4) is 22.6 Å². The third-order valence-corrected chi connectivity index (χ3v) is 13.0. The molecule has 0 unspecified atom stereocenters. The molecule has 2 aliphatic heterocycles. The lowest BCUT2D eigenvalue weighted by molar-refractivity contribution is -0.0312. The van der Waals surface area contributed by atoms with Crippen molar-refractivity contribution in [3.63, 3.8) is 0 Å². The third kappa shape index (κ3) is 7.41. The second kappa shape index (κ2) is 13.7. The van der Waals surface area contributed by atoms with Crippen LogP contribution in [0.5, 0.6) is 11.5 Å². The predicted octanol–water partition coefficient (Wildman–Crippen LogP) is 2.56. The largest absolute Gasteiger partial charge is 0.496 e. The Hall–Kier alpha value is -3.08. The van der Waals surface area contributed by atoms with Crippen LogP contribution in [0.15, 0.2) is 76.5 Å². The molecule has 6 rings (SSSR count). The molecule has 48 heavy (non-hydrogen) atoms. The standard InChI is InChI=1S/C34H44N4O8S2/c1-36-47(40,41)29-5-3-4-28(18-29)45-23-27(39)21-37-26-20-33(46-22-26)14-16-38(17-15-33)48(42,43)30-10-11-32(44-2)31(19-30)24-6-8-25(9-7-24)34(35)12-13-34/h3-11,18-19,26-27,36-37,39H,12-17,20-23,35H2,1-2H3/t26-,27+/m1/s1. The summed E-state index contributed by atoms with van der Waals surface area (Å²) in [6, 6.07) is 19.0. The molecule has 3 fully saturated rings. The number of nitrogens with zero attached hydrogens (tertiary/aromatic N) is 1. The Morgan fingerprint density at radius 3 is 2.40 bits per heavy atom. The maximum absolute atomic E-state index is 13.8. The van der Waals surface area contributed by atoms with Gasteiger partial charge >= 0.3 is 0 Å². The smallest absolute Gasteiger partial charge is 0.243 e. The second-order valence-corrected chi connectivity index (χ2v) is 16.8. The van der Waals surface area contributed by atoms with Crippen molar-refractivity contribution < 1.29 is 36.2 Å². The summed E-state index contributed by atoms with van der Waals surface area (Å²) in [6.45, 7) is 1.37. The number of sulfonamides is 2. The van der Waals surface area contributed by atoms with Crippen molar-refractivity contribution in [2.24, 2.45) is 5.73 Å². The monoisotopic (exact) mass is 700 g/mol. The van der Waals surface area contributed by atoms with Gasteiger partial charge in [-0.05, 0) is 80.6 Å². The summed E-state index contributed by atoms with van der Waals surface area (Å²) < 4.78 is 72.9. The maximum atomic E-state index is 13.8. The molecule has 2 saturated heterocycles. The van der Waals surface area contributed by atoms with Gasteiger partial charge in [0.25, 0.3) is 0 Å². The molecule has 0 amide bonds. The van der Waals surface area contributed by atoms with Gasteiger partial charge in [-0.1, -0.05) is 30.3 Å². The van der Waals surface area contributed by atoms with E-state index in [0.29, 0.717) is 56.0 Å². The fourth-order valence-electron chi connectivity index (χ4n) is 6.49. The molecule has 3 aromatic carbocycles. The molecule has 1 saturated carbocycles. The minimum absolute atomic E-state index is 0.00324. The number of rotatable bonds is 13. The summed E-state index contributed by atoms with van der Waals surface area (Å²) in [5.74, 6) is 0.936. The van der Waals surface area contributed by atoms with Gasteiger partial charge in [0.2, 0.25) is 20.0 Å². The van der Waals surface area contributed by atoms with Crippen molar-refractivity contribution in [1.29, 1.82) is 0 Å². The molecule has 14 heteroatoms. The Labute approximate surface area is 282 Å². The highest BCUT2D eigenvalue weighted by Gasteiger charge is 2.45. The Kier molecular flexibility index (Phi) is 9.91. The van der Waals surface area contributed by atoms with Crippen LogP contribution in [0, 0.1) is 0 Å². The first-order valence-electron chi connectivity index (χ1n) is 16.2. The van der Waals surface area contributed by atoms with Crippen LogP contribution in [0.1, 0.15) is 37.7 Å². The molecule has 260 valence electrons. The Balaban J connectivity index is 1.01. The molecule has 0 radical (unpaired) electrons. The number of benzene rings is 3. The first kappa shape index (κ1) is 34.8. The SMILES string of the molecule is CNS(=O)(=O)c1cccc(OC[C@@H](O)CN[C@H]2COC3(CCN(S(=O)(=O)c4ccc(OC)c(-c5ccc(C6(N)CC6)cc5)c4)CC3)C2)c1. The zero-order valence-electron chi connectivity index (χ0n) is 27.2. The van der Waals surface area contributed by atoms with Crippen molar-refractivity contribution in [3.05, 3.63) is 72.3 Å². The minimum Gasteiger partial charge on any atom is -0.496 e. The second-order valence-electron chi connectivity index (χ2n) is 13.0. The van der Waals surface area contributed by atoms with Crippen LogP contribution in [-0.4, -0.2) is 91.0 Å². The van der Waals surface area contributed by atoms with Crippen molar-refractivity contribution >= 4 is 20.0 Å². The molecule has 3 aliphatic rings. The number of aliphatic hydroxyl groups is 1. The van der Waals surface area contributed by atoms with E-state index in [0.717, 1.165) is 24.0 Å². The van der Waals surface area contributed by atoms with Gasteiger partial charge in [-0.15, -0.1) is 0 Å². The van der Waals surface area contributed by atoms with E-state index < -0.39 is 31.8 Å². The topological polar surface area (TPSA) is 170 Å². The zero-order chi connectivity index (χ0) is 34.2. The number of hydrogen-bond acceptors (Lipinski definition) is 10. The Bertz CT molecular complexity index is 1820. The first-order chi connectivity index (χ1) is 22.9. The van der Waals surface area contributed by atoms with Crippen LogP contribution < -0.4 is 25.2 Å². The average molecular weight is 701 g/mol. The van der Waals surface area contributed by atoms with E-state index in [-0.39, 0.29) is 34.5 Å². The summed E-state index contributed by atoms with van der Waals surface area (Å²) in [6.07, 6.45) is 2.92. The van der Waals surface area contributed by atoms with Crippen LogP contribution in [0.4, 0.5) is 0 Å². The van der Waals surface area contributed by atoms with Gasteiger partial charge in [0, 0.05) is 42.8 Å². The van der Waals surface area contributed by atoms with Crippen LogP contribution in [0.2, 0.25) is 0 Å². The molecular formula is C34H44N4O8S2. The highest BCUT2D eigenvalue weighted by molar-refractivity contribution is 7.89. The van der Waals surface area contributed by atoms with Crippen LogP contribution >= 0.6 is 0 Å². The van der Waals surface area contributed by atoms with E-state index >= 15 is 0 Å². The van der Waals surface area contributed by atoms with Crippen molar-refractivity contribution in [1.82, 2.24) is 14.3 Å². The van der Waals surface area contributed by atoms with E-state index in [4.69, 9.17) is 19.9 Å². The van der Waals surface area contributed by atoms with E-state index in [1.807, 2.05) is 24.3 Å². The summed E-state index contributed by atoms with van der Waals surface area (Å²) in [5.41, 5.74) is 8.32. The average Bonchev–Trinajstić information content (AvgIpc) is 3.74. The summed E-state index contributed by atoms with van der Waals surface area (Å²) in [7, 11) is -4.45. The highest BCUT2D eigenvalue weighted by Crippen LogP contribution is 2.44. The van der Waals surface area contributed by atoms with Crippen LogP contribution in [0.3, 0.4) is 0 Å². The molecule has 2 heterocycles. The van der Waals surface area contributed by atoms with Crippen LogP contribution in [0.25, 0.3) is 11.1 Å². The van der Waals surface area contributed by atoms with Gasteiger partial charge in [-0.2, -0.15) is 4.31 Å². The number of nitrogens with two attached hydrogens (primary N) is 1. The molecule has 0 bridgehead atoms. The van der Waals surface area contributed by atoms with Crippen molar-refractivity contribution in [2.75, 3.05) is 47.0 Å². The van der Waals surface area contributed by atoms with Gasteiger partial charge in [0.05, 0.1) is 29.1 Å². The molecular weight excluding hydrogens is 657 g/mol. The minimum atomic E-state index is -3.76. The summed E-state index contributed by atoms with van der Waals surface area (Å²) in [5, 5.41) is 13.8. The molecule has 1 aliphatic carbocycles. The maximum Gasteiger partial charge on any atom is 0.243 e. The molecule has 12 nitrogen and oxygen atoms in total. The predicted molar refractivity (Wildman–Crippen MR) is 181 cm³/mol. The van der Waals surface area contributed by atoms with Gasteiger partial charge in [0.1, 0.15) is 24.2 Å². The van der Waals surface area contributed by atoms with Gasteiger partial charge in [0.15, 0.2) is 0 Å². The third-order valence-electron chi connectivity index (χ3n) is 9.68. The molecule has 2 atom stereocenters. The molecule has 0 aromatic heterocycles.